The molecule has 2 N–H and O–H groups in total. The van der Waals surface area contributed by atoms with Gasteiger partial charge >= 0.3 is 0 Å². The van der Waals surface area contributed by atoms with Crippen LogP contribution in [0.5, 0.6) is 0 Å². The van der Waals surface area contributed by atoms with E-state index in [1.54, 1.807) is 19.3 Å². The Balaban J connectivity index is 0.00000300. The summed E-state index contributed by atoms with van der Waals surface area (Å²) in [5.74, 6) is 2.63. The monoisotopic (exact) mass is 518 g/mol. The molecular formula is C21H36FIN6. The van der Waals surface area contributed by atoms with Crippen molar-refractivity contribution in [2.45, 2.75) is 39.2 Å². The molecule has 3 unspecified atom stereocenters. The molecule has 0 saturated carbocycles. The maximum Gasteiger partial charge on any atom is 0.191 e. The van der Waals surface area contributed by atoms with Crippen LogP contribution in [-0.4, -0.2) is 68.2 Å². The van der Waals surface area contributed by atoms with Gasteiger partial charge in [-0.2, -0.15) is 0 Å². The number of rotatable bonds is 6. The van der Waals surface area contributed by atoms with Crippen molar-refractivity contribution in [3.8, 4) is 0 Å². The van der Waals surface area contributed by atoms with E-state index in [2.05, 4.69) is 39.4 Å². The van der Waals surface area contributed by atoms with Gasteiger partial charge in [-0.15, -0.1) is 24.0 Å². The molecule has 3 atom stereocenters. The molecule has 1 aromatic rings. The fraction of sp³-hybridized carbons (Fsp3) is 0.714. The van der Waals surface area contributed by atoms with E-state index >= 15 is 0 Å². The molecule has 2 saturated heterocycles. The summed E-state index contributed by atoms with van der Waals surface area (Å²) in [6.45, 7) is 10.7. The third kappa shape index (κ3) is 7.24. The number of nitrogens with zero attached hydrogens (tertiary/aromatic N) is 4. The Morgan fingerprint density at radius 2 is 2.03 bits per heavy atom. The van der Waals surface area contributed by atoms with Crippen molar-refractivity contribution in [1.29, 1.82) is 0 Å². The van der Waals surface area contributed by atoms with Gasteiger partial charge in [0.1, 0.15) is 0 Å². The summed E-state index contributed by atoms with van der Waals surface area (Å²) in [5, 5.41) is 6.90. The summed E-state index contributed by atoms with van der Waals surface area (Å²) in [5.41, 5.74) is 0. The van der Waals surface area contributed by atoms with Gasteiger partial charge in [0.25, 0.3) is 0 Å². The van der Waals surface area contributed by atoms with Crippen LogP contribution in [0.1, 0.15) is 33.1 Å². The zero-order valence-electron chi connectivity index (χ0n) is 17.9. The quantitative estimate of drug-likeness (QED) is 0.263. The number of nitrogens with one attached hydrogen (secondary N) is 2. The molecular weight excluding hydrogens is 482 g/mol. The second-order valence-corrected chi connectivity index (χ2v) is 8.44. The third-order valence-electron chi connectivity index (χ3n) is 5.68. The lowest BCUT2D eigenvalue weighted by Gasteiger charge is -2.35. The van der Waals surface area contributed by atoms with Crippen LogP contribution in [0.15, 0.2) is 23.3 Å². The first-order valence-electron chi connectivity index (χ1n) is 10.6. The SMILES string of the molecule is CN=C(NCCCN1CC(C)CC(C)C1)NC1CCN(c2ncccc2F)C1.I. The van der Waals surface area contributed by atoms with E-state index in [9.17, 15) is 4.39 Å². The van der Waals surface area contributed by atoms with E-state index in [-0.39, 0.29) is 35.8 Å². The van der Waals surface area contributed by atoms with Crippen molar-refractivity contribution < 1.29 is 4.39 Å². The fourth-order valence-electron chi connectivity index (χ4n) is 4.55. The summed E-state index contributed by atoms with van der Waals surface area (Å²) >= 11 is 0. The number of anilines is 1. The van der Waals surface area contributed by atoms with Crippen LogP contribution in [0.3, 0.4) is 0 Å². The first-order valence-corrected chi connectivity index (χ1v) is 10.6. The minimum absolute atomic E-state index is 0. The largest absolute Gasteiger partial charge is 0.356 e. The second-order valence-electron chi connectivity index (χ2n) is 8.44. The maximum absolute atomic E-state index is 13.9. The maximum atomic E-state index is 13.9. The number of guanidine groups is 1. The molecule has 3 heterocycles. The molecule has 6 nitrogen and oxygen atoms in total. The summed E-state index contributed by atoms with van der Waals surface area (Å²) in [6, 6.07) is 3.34. The minimum atomic E-state index is -0.257. The van der Waals surface area contributed by atoms with E-state index < -0.39 is 0 Å². The van der Waals surface area contributed by atoms with Crippen LogP contribution in [0.25, 0.3) is 0 Å². The number of aliphatic imine (C=N–C) groups is 1. The average Bonchev–Trinajstić information content (AvgIpc) is 3.12. The van der Waals surface area contributed by atoms with Crippen LogP contribution >= 0.6 is 24.0 Å². The van der Waals surface area contributed by atoms with Gasteiger partial charge in [-0.1, -0.05) is 13.8 Å². The summed E-state index contributed by atoms with van der Waals surface area (Å²) < 4.78 is 13.9. The van der Waals surface area contributed by atoms with Gasteiger partial charge in [-0.25, -0.2) is 9.37 Å². The van der Waals surface area contributed by atoms with E-state index in [0.29, 0.717) is 5.82 Å². The highest BCUT2D eigenvalue weighted by atomic mass is 127. The van der Waals surface area contributed by atoms with E-state index in [1.165, 1.54) is 25.6 Å². The smallest absolute Gasteiger partial charge is 0.191 e. The Kier molecular flexibility index (Phi) is 9.88. The van der Waals surface area contributed by atoms with Crippen molar-refractivity contribution in [1.82, 2.24) is 20.5 Å². The molecule has 0 aliphatic carbocycles. The van der Waals surface area contributed by atoms with Crippen LogP contribution in [-0.2, 0) is 0 Å². The van der Waals surface area contributed by atoms with Gasteiger partial charge in [0.05, 0.1) is 0 Å². The second kappa shape index (κ2) is 11.9. The van der Waals surface area contributed by atoms with Crippen molar-refractivity contribution in [3.05, 3.63) is 24.1 Å². The summed E-state index contributed by atoms with van der Waals surface area (Å²) in [4.78, 5) is 13.1. The van der Waals surface area contributed by atoms with E-state index in [1.807, 2.05) is 4.90 Å². The Hall–Kier alpha value is -1.16. The number of hydrogen-bond donors (Lipinski definition) is 2. The molecule has 2 aliphatic heterocycles. The zero-order valence-corrected chi connectivity index (χ0v) is 20.2. The van der Waals surface area contributed by atoms with Crippen molar-refractivity contribution >= 4 is 35.8 Å². The number of halogens is 2. The first kappa shape index (κ1) is 24.1. The highest BCUT2D eigenvalue weighted by Gasteiger charge is 2.26. The standard InChI is InChI=1S/C21H35FN6.HI/c1-16-12-17(2)14-27(13-16)10-5-9-25-21(23-3)26-18-7-11-28(15-18)20-19(22)6-4-8-24-20;/h4,6,8,16-18H,5,7,9-15H2,1-3H3,(H2,23,25,26);1H. The van der Waals surface area contributed by atoms with Crippen molar-refractivity contribution in [2.75, 3.05) is 51.2 Å². The van der Waals surface area contributed by atoms with Crippen molar-refractivity contribution in [3.63, 3.8) is 0 Å². The average molecular weight is 518 g/mol. The van der Waals surface area contributed by atoms with Crippen LogP contribution in [0.2, 0.25) is 0 Å². The molecule has 1 aromatic heterocycles. The Morgan fingerprint density at radius 1 is 1.28 bits per heavy atom. The van der Waals surface area contributed by atoms with Gasteiger partial charge in [-0.3, -0.25) is 4.99 Å². The van der Waals surface area contributed by atoms with Crippen LogP contribution in [0, 0.1) is 17.7 Å². The summed E-state index contributed by atoms with van der Waals surface area (Å²) in [6.07, 6.45) is 5.05. The molecule has 0 spiro atoms. The predicted molar refractivity (Wildman–Crippen MR) is 129 cm³/mol. The lowest BCUT2D eigenvalue weighted by atomic mass is 9.92. The summed E-state index contributed by atoms with van der Waals surface area (Å²) in [7, 11) is 1.80. The number of pyridine rings is 1. The van der Waals surface area contributed by atoms with Crippen molar-refractivity contribution in [2.24, 2.45) is 16.8 Å². The van der Waals surface area contributed by atoms with E-state index in [0.717, 1.165) is 56.8 Å². The molecule has 2 fully saturated rings. The highest BCUT2D eigenvalue weighted by molar-refractivity contribution is 14.0. The first-order chi connectivity index (χ1) is 13.5. The topological polar surface area (TPSA) is 55.8 Å². The molecule has 0 aromatic carbocycles. The highest BCUT2D eigenvalue weighted by Crippen LogP contribution is 2.21. The Labute approximate surface area is 191 Å². The van der Waals surface area contributed by atoms with Gasteiger partial charge < -0.3 is 20.4 Å². The van der Waals surface area contributed by atoms with Gasteiger partial charge in [0.15, 0.2) is 17.6 Å². The Morgan fingerprint density at radius 3 is 2.72 bits per heavy atom. The molecule has 0 radical (unpaired) electrons. The fourth-order valence-corrected chi connectivity index (χ4v) is 4.55. The van der Waals surface area contributed by atoms with E-state index in [4.69, 9.17) is 0 Å². The lowest BCUT2D eigenvalue weighted by Crippen LogP contribution is -2.45. The predicted octanol–water partition coefficient (Wildman–Crippen LogP) is 2.95. The lowest BCUT2D eigenvalue weighted by molar-refractivity contribution is 0.140. The molecule has 29 heavy (non-hydrogen) atoms. The number of hydrogen-bond acceptors (Lipinski definition) is 4. The Bertz CT molecular complexity index is 648. The molecule has 0 amide bonds. The zero-order chi connectivity index (χ0) is 19.9. The van der Waals surface area contributed by atoms with Gasteiger partial charge in [0.2, 0.25) is 0 Å². The molecule has 2 aliphatic rings. The molecule has 8 heteroatoms. The van der Waals surface area contributed by atoms with Crippen LogP contribution in [0.4, 0.5) is 10.2 Å². The number of piperidine rings is 1. The third-order valence-corrected chi connectivity index (χ3v) is 5.68. The number of likely N-dealkylation sites (tertiary alicyclic amines) is 1. The van der Waals surface area contributed by atoms with Gasteiger partial charge in [0, 0.05) is 52.0 Å². The van der Waals surface area contributed by atoms with Crippen LogP contribution < -0.4 is 15.5 Å². The molecule has 3 rings (SSSR count). The molecule has 164 valence electrons. The minimum Gasteiger partial charge on any atom is -0.356 e. The molecule has 0 bridgehead atoms. The normalized spacial score (nSPS) is 25.6. The number of aromatic nitrogens is 1. The van der Waals surface area contributed by atoms with Gasteiger partial charge in [-0.05, 0) is 49.8 Å².